The zero-order valence-electron chi connectivity index (χ0n) is 13.4. The fraction of sp³-hybridized carbons (Fsp3) is 0.278. The van der Waals surface area contributed by atoms with E-state index in [-0.39, 0.29) is 31.8 Å². The molecule has 1 amide bonds. The molecular weight excluding hydrogens is 326 g/mol. The van der Waals surface area contributed by atoms with Crippen molar-refractivity contribution in [2.24, 2.45) is 0 Å². The van der Waals surface area contributed by atoms with E-state index in [0.29, 0.717) is 16.7 Å². The third kappa shape index (κ3) is 2.97. The Kier molecular flexibility index (Phi) is 3.71. The zero-order valence-corrected chi connectivity index (χ0v) is 13.4. The van der Waals surface area contributed by atoms with Crippen LogP contribution in [0.1, 0.15) is 23.2 Å². The summed E-state index contributed by atoms with van der Waals surface area (Å²) >= 11 is 0. The number of alkyl halides is 2. The molecule has 25 heavy (non-hydrogen) atoms. The summed E-state index contributed by atoms with van der Waals surface area (Å²) in [7, 11) is 0. The van der Waals surface area contributed by atoms with Gasteiger partial charge in [0.2, 0.25) is 0 Å². The molecule has 7 heteroatoms. The fourth-order valence-electron chi connectivity index (χ4n) is 3.02. The Balaban J connectivity index is 1.61. The number of nitrogens with zero attached hydrogens (tertiary/aromatic N) is 4. The second kappa shape index (κ2) is 5.91. The maximum absolute atomic E-state index is 13.3. The van der Waals surface area contributed by atoms with E-state index in [1.54, 1.807) is 12.4 Å². The third-order valence-electron chi connectivity index (χ3n) is 4.45. The van der Waals surface area contributed by atoms with Gasteiger partial charge in [-0.1, -0.05) is 18.2 Å². The van der Waals surface area contributed by atoms with Crippen LogP contribution >= 0.6 is 0 Å². The van der Waals surface area contributed by atoms with Gasteiger partial charge in [-0.2, -0.15) is 0 Å². The first-order valence-corrected chi connectivity index (χ1v) is 8.09. The Morgan fingerprint density at radius 2 is 1.80 bits per heavy atom. The highest BCUT2D eigenvalue weighted by molar-refractivity contribution is 5.96. The van der Waals surface area contributed by atoms with E-state index < -0.39 is 5.92 Å². The molecule has 0 atom stereocenters. The minimum Gasteiger partial charge on any atom is -0.338 e. The average Bonchev–Trinajstić information content (AvgIpc) is 3.05. The summed E-state index contributed by atoms with van der Waals surface area (Å²) in [5, 5.41) is 0. The summed E-state index contributed by atoms with van der Waals surface area (Å²) < 4.78 is 28.3. The summed E-state index contributed by atoms with van der Waals surface area (Å²) in [4.78, 5) is 22.7. The second-order valence-corrected chi connectivity index (χ2v) is 6.16. The van der Waals surface area contributed by atoms with Crippen molar-refractivity contribution in [3.8, 4) is 5.69 Å². The predicted molar refractivity (Wildman–Crippen MR) is 88.9 cm³/mol. The predicted octanol–water partition coefficient (Wildman–Crippen LogP) is 3.29. The van der Waals surface area contributed by atoms with Gasteiger partial charge in [0.05, 0.1) is 5.56 Å². The third-order valence-corrected chi connectivity index (χ3v) is 4.45. The van der Waals surface area contributed by atoms with Crippen LogP contribution in [0.4, 0.5) is 8.78 Å². The van der Waals surface area contributed by atoms with E-state index in [2.05, 4.69) is 9.97 Å². The number of hydrogen-bond donors (Lipinski definition) is 0. The number of pyridine rings is 1. The Labute approximate surface area is 142 Å². The molecule has 0 unspecified atom stereocenters. The van der Waals surface area contributed by atoms with Crippen LogP contribution in [0.25, 0.3) is 16.9 Å². The van der Waals surface area contributed by atoms with Crippen LogP contribution < -0.4 is 0 Å². The van der Waals surface area contributed by atoms with Crippen molar-refractivity contribution in [2.75, 3.05) is 13.1 Å². The number of halogens is 2. The number of para-hydroxylation sites is 1. The van der Waals surface area contributed by atoms with Gasteiger partial charge in [-0.15, -0.1) is 0 Å². The van der Waals surface area contributed by atoms with Crippen molar-refractivity contribution < 1.29 is 13.6 Å². The number of imidazole rings is 1. The van der Waals surface area contributed by atoms with Crippen LogP contribution in [0.15, 0.2) is 48.9 Å². The molecule has 1 fully saturated rings. The van der Waals surface area contributed by atoms with Crippen LogP contribution in [0.2, 0.25) is 0 Å². The normalized spacial score (nSPS) is 17.0. The van der Waals surface area contributed by atoms with Crippen LogP contribution in [0, 0.1) is 0 Å². The summed E-state index contributed by atoms with van der Waals surface area (Å²) in [6, 6.07) is 11.3. The van der Waals surface area contributed by atoms with Gasteiger partial charge in [0.25, 0.3) is 11.8 Å². The lowest BCUT2D eigenvalue weighted by Crippen LogP contribution is -2.42. The van der Waals surface area contributed by atoms with Crippen LogP contribution in [0.3, 0.4) is 0 Å². The number of carbonyl (C=O) groups is 1. The van der Waals surface area contributed by atoms with Gasteiger partial charge in [-0.3, -0.25) is 9.36 Å². The molecule has 0 spiro atoms. The smallest absolute Gasteiger partial charge is 0.255 e. The fourth-order valence-corrected chi connectivity index (χ4v) is 3.02. The molecule has 2 aromatic heterocycles. The SMILES string of the molecule is O=C(c1cnc2c(c1)ncn2-c1ccccc1)N1CCC(F)(F)CC1. The molecule has 1 aliphatic rings. The van der Waals surface area contributed by atoms with Crippen LogP contribution in [-0.2, 0) is 0 Å². The van der Waals surface area contributed by atoms with Crippen molar-refractivity contribution in [1.29, 1.82) is 0 Å². The number of fused-ring (bicyclic) bond motifs is 1. The number of hydrogen-bond acceptors (Lipinski definition) is 3. The van der Waals surface area contributed by atoms with Crippen LogP contribution in [-0.4, -0.2) is 44.4 Å². The van der Waals surface area contributed by atoms with E-state index in [0.717, 1.165) is 5.69 Å². The van der Waals surface area contributed by atoms with Crippen molar-refractivity contribution in [1.82, 2.24) is 19.4 Å². The number of aromatic nitrogens is 3. The highest BCUT2D eigenvalue weighted by Gasteiger charge is 2.35. The monoisotopic (exact) mass is 342 g/mol. The minimum atomic E-state index is -2.67. The number of rotatable bonds is 2. The Morgan fingerprint density at radius 3 is 2.52 bits per heavy atom. The number of carbonyl (C=O) groups excluding carboxylic acids is 1. The molecule has 3 heterocycles. The molecule has 0 radical (unpaired) electrons. The number of benzene rings is 1. The topological polar surface area (TPSA) is 51.0 Å². The molecule has 0 aliphatic carbocycles. The van der Waals surface area contributed by atoms with Crippen LogP contribution in [0.5, 0.6) is 0 Å². The first-order valence-electron chi connectivity index (χ1n) is 8.09. The lowest BCUT2D eigenvalue weighted by Gasteiger charge is -2.31. The molecule has 4 rings (SSSR count). The second-order valence-electron chi connectivity index (χ2n) is 6.16. The lowest BCUT2D eigenvalue weighted by molar-refractivity contribution is -0.0494. The van der Waals surface area contributed by atoms with Gasteiger partial charge >= 0.3 is 0 Å². The molecular formula is C18H16F2N4O. The van der Waals surface area contributed by atoms with E-state index in [4.69, 9.17) is 0 Å². The molecule has 5 nitrogen and oxygen atoms in total. The maximum atomic E-state index is 13.3. The van der Waals surface area contributed by atoms with Crippen molar-refractivity contribution in [2.45, 2.75) is 18.8 Å². The Morgan fingerprint density at radius 1 is 1.08 bits per heavy atom. The molecule has 1 aliphatic heterocycles. The number of likely N-dealkylation sites (tertiary alicyclic amines) is 1. The van der Waals surface area contributed by atoms with Crippen molar-refractivity contribution >= 4 is 17.1 Å². The lowest BCUT2D eigenvalue weighted by atomic mass is 10.1. The van der Waals surface area contributed by atoms with Gasteiger partial charge in [-0.05, 0) is 18.2 Å². The maximum Gasteiger partial charge on any atom is 0.255 e. The Bertz CT molecular complexity index is 913. The van der Waals surface area contributed by atoms with Gasteiger partial charge in [0, 0.05) is 37.8 Å². The first kappa shape index (κ1) is 15.7. The van der Waals surface area contributed by atoms with Crippen molar-refractivity contribution in [3.05, 3.63) is 54.5 Å². The molecule has 0 bridgehead atoms. The zero-order chi connectivity index (χ0) is 17.4. The number of piperidine rings is 1. The molecule has 1 saturated heterocycles. The van der Waals surface area contributed by atoms with Gasteiger partial charge in [0.15, 0.2) is 5.65 Å². The van der Waals surface area contributed by atoms with E-state index in [9.17, 15) is 13.6 Å². The summed E-state index contributed by atoms with van der Waals surface area (Å²) in [5.74, 6) is -2.95. The minimum absolute atomic E-state index is 0.0579. The average molecular weight is 342 g/mol. The molecule has 128 valence electrons. The Hall–Kier alpha value is -2.83. The van der Waals surface area contributed by atoms with E-state index >= 15 is 0 Å². The van der Waals surface area contributed by atoms with Gasteiger partial charge < -0.3 is 4.90 Å². The standard InChI is InChI=1S/C18H16F2N4O/c19-18(20)6-8-23(9-7-18)17(25)13-10-15-16(21-11-13)24(12-22-15)14-4-2-1-3-5-14/h1-5,10-12H,6-9H2. The van der Waals surface area contributed by atoms with Crippen molar-refractivity contribution in [3.63, 3.8) is 0 Å². The van der Waals surface area contributed by atoms with Gasteiger partial charge in [0.1, 0.15) is 11.8 Å². The molecule has 1 aromatic carbocycles. The van der Waals surface area contributed by atoms with Gasteiger partial charge in [-0.25, -0.2) is 18.7 Å². The summed E-state index contributed by atoms with van der Waals surface area (Å²) in [6.45, 7) is 0.116. The molecule has 0 saturated carbocycles. The molecule has 3 aromatic rings. The van der Waals surface area contributed by atoms with E-state index in [1.165, 1.54) is 11.1 Å². The summed E-state index contributed by atoms with van der Waals surface area (Å²) in [6.07, 6.45) is 2.55. The number of amides is 1. The highest BCUT2D eigenvalue weighted by Crippen LogP contribution is 2.28. The molecule has 0 N–H and O–H groups in total. The quantitative estimate of drug-likeness (QED) is 0.718. The largest absolute Gasteiger partial charge is 0.338 e. The summed E-state index contributed by atoms with van der Waals surface area (Å²) in [5.41, 5.74) is 2.54. The highest BCUT2D eigenvalue weighted by atomic mass is 19.3. The first-order chi connectivity index (χ1) is 12.0. The van der Waals surface area contributed by atoms with E-state index in [1.807, 2.05) is 34.9 Å².